The number of aliphatic hydroxyl groups is 2. The standard InChI is InChI=1S/C14H18N2O5/c1-19-11-3-8-9(4-12(11)20-2)16(7-15-8)14-5-10(18)13(6-17)21-14/h3-4,7,10,13-14,17-18H,5-6H2,1-2H3/t10-,13+,14+/m1/s1. The Morgan fingerprint density at radius 2 is 2.05 bits per heavy atom. The highest BCUT2D eigenvalue weighted by Crippen LogP contribution is 2.35. The first-order valence-corrected chi connectivity index (χ1v) is 6.71. The molecule has 1 fully saturated rings. The van der Waals surface area contributed by atoms with Crippen molar-refractivity contribution in [1.82, 2.24) is 9.55 Å². The van der Waals surface area contributed by atoms with Gasteiger partial charge in [-0.3, -0.25) is 0 Å². The van der Waals surface area contributed by atoms with Crippen LogP contribution in [-0.4, -0.2) is 52.8 Å². The highest BCUT2D eigenvalue weighted by atomic mass is 16.5. The minimum atomic E-state index is -0.683. The topological polar surface area (TPSA) is 86.0 Å². The lowest BCUT2D eigenvalue weighted by Gasteiger charge is -2.15. The van der Waals surface area contributed by atoms with Crippen LogP contribution < -0.4 is 9.47 Å². The first-order chi connectivity index (χ1) is 10.2. The van der Waals surface area contributed by atoms with Gasteiger partial charge in [0.2, 0.25) is 0 Å². The average molecular weight is 294 g/mol. The number of nitrogens with zero attached hydrogens (tertiary/aromatic N) is 2. The molecule has 0 bridgehead atoms. The first kappa shape index (κ1) is 14.1. The summed E-state index contributed by atoms with van der Waals surface area (Å²) < 4.78 is 18.0. The van der Waals surface area contributed by atoms with E-state index in [1.54, 1.807) is 26.6 Å². The number of aromatic nitrogens is 2. The zero-order valence-electron chi connectivity index (χ0n) is 11.9. The van der Waals surface area contributed by atoms with Gasteiger partial charge in [0.25, 0.3) is 0 Å². The molecule has 0 amide bonds. The number of hydrogen-bond acceptors (Lipinski definition) is 6. The lowest BCUT2D eigenvalue weighted by atomic mass is 10.2. The summed E-state index contributed by atoms with van der Waals surface area (Å²) in [5.41, 5.74) is 1.57. The van der Waals surface area contributed by atoms with E-state index in [-0.39, 0.29) is 12.8 Å². The molecule has 0 radical (unpaired) electrons. The van der Waals surface area contributed by atoms with Crippen molar-refractivity contribution in [3.8, 4) is 11.5 Å². The van der Waals surface area contributed by atoms with Crippen LogP contribution in [-0.2, 0) is 4.74 Å². The van der Waals surface area contributed by atoms with Gasteiger partial charge in [-0.1, -0.05) is 0 Å². The van der Waals surface area contributed by atoms with Gasteiger partial charge >= 0.3 is 0 Å². The van der Waals surface area contributed by atoms with Crippen LogP contribution in [0.3, 0.4) is 0 Å². The van der Waals surface area contributed by atoms with Gasteiger partial charge in [-0.05, 0) is 0 Å². The van der Waals surface area contributed by atoms with Crippen molar-refractivity contribution in [1.29, 1.82) is 0 Å². The normalized spacial score (nSPS) is 25.4. The Kier molecular flexibility index (Phi) is 3.71. The van der Waals surface area contributed by atoms with Crippen LogP contribution in [0, 0.1) is 0 Å². The van der Waals surface area contributed by atoms with Gasteiger partial charge in [-0.25, -0.2) is 4.98 Å². The smallest absolute Gasteiger partial charge is 0.163 e. The molecule has 7 heteroatoms. The summed E-state index contributed by atoms with van der Waals surface area (Å²) >= 11 is 0. The van der Waals surface area contributed by atoms with E-state index in [1.165, 1.54) is 0 Å². The summed E-state index contributed by atoms with van der Waals surface area (Å²) in [6.45, 7) is -0.207. The number of rotatable bonds is 4. The Hall–Kier alpha value is -1.83. The Balaban J connectivity index is 2.00. The van der Waals surface area contributed by atoms with E-state index in [2.05, 4.69) is 4.98 Å². The predicted octanol–water partition coefficient (Wildman–Crippen LogP) is 0.694. The minimum absolute atomic E-state index is 0.207. The highest BCUT2D eigenvalue weighted by molar-refractivity contribution is 5.80. The maximum Gasteiger partial charge on any atom is 0.163 e. The van der Waals surface area contributed by atoms with Crippen LogP contribution in [0.1, 0.15) is 12.6 Å². The van der Waals surface area contributed by atoms with Crippen molar-refractivity contribution >= 4 is 11.0 Å². The molecule has 1 aliphatic rings. The van der Waals surface area contributed by atoms with Crippen LogP contribution in [0.5, 0.6) is 11.5 Å². The molecule has 2 N–H and O–H groups in total. The zero-order chi connectivity index (χ0) is 15.0. The molecule has 2 aromatic rings. The van der Waals surface area contributed by atoms with Crippen molar-refractivity contribution in [2.75, 3.05) is 20.8 Å². The summed E-state index contributed by atoms with van der Waals surface area (Å²) in [4.78, 5) is 4.33. The minimum Gasteiger partial charge on any atom is -0.493 e. The maximum atomic E-state index is 9.85. The number of hydrogen-bond donors (Lipinski definition) is 2. The number of ether oxygens (including phenoxy) is 3. The fraction of sp³-hybridized carbons (Fsp3) is 0.500. The predicted molar refractivity (Wildman–Crippen MR) is 74.5 cm³/mol. The monoisotopic (exact) mass is 294 g/mol. The Labute approximate surface area is 121 Å². The molecule has 0 saturated carbocycles. The quantitative estimate of drug-likeness (QED) is 0.863. The second kappa shape index (κ2) is 5.51. The van der Waals surface area contributed by atoms with Crippen LogP contribution in [0.4, 0.5) is 0 Å². The molecular weight excluding hydrogens is 276 g/mol. The van der Waals surface area contributed by atoms with E-state index in [9.17, 15) is 5.11 Å². The second-order valence-corrected chi connectivity index (χ2v) is 4.96. The van der Waals surface area contributed by atoms with Gasteiger partial charge in [0.15, 0.2) is 11.5 Å². The molecule has 1 aromatic heterocycles. The molecule has 1 aliphatic heterocycles. The third kappa shape index (κ3) is 2.33. The van der Waals surface area contributed by atoms with E-state index < -0.39 is 12.2 Å². The van der Waals surface area contributed by atoms with E-state index in [0.717, 1.165) is 11.0 Å². The van der Waals surface area contributed by atoms with Gasteiger partial charge in [-0.2, -0.15) is 0 Å². The number of aliphatic hydroxyl groups excluding tert-OH is 2. The molecule has 1 aromatic carbocycles. The second-order valence-electron chi connectivity index (χ2n) is 4.96. The van der Waals surface area contributed by atoms with Crippen LogP contribution in [0.15, 0.2) is 18.5 Å². The van der Waals surface area contributed by atoms with E-state index in [1.807, 2.05) is 10.6 Å². The van der Waals surface area contributed by atoms with Crippen molar-refractivity contribution in [2.45, 2.75) is 24.9 Å². The van der Waals surface area contributed by atoms with Gasteiger partial charge in [0, 0.05) is 18.6 Å². The Morgan fingerprint density at radius 1 is 1.33 bits per heavy atom. The van der Waals surface area contributed by atoms with Crippen molar-refractivity contribution in [3.05, 3.63) is 18.5 Å². The van der Waals surface area contributed by atoms with Crippen LogP contribution in [0.2, 0.25) is 0 Å². The average Bonchev–Trinajstić information content (AvgIpc) is 3.08. The first-order valence-electron chi connectivity index (χ1n) is 6.71. The zero-order valence-corrected chi connectivity index (χ0v) is 11.9. The summed E-state index contributed by atoms with van der Waals surface area (Å²) in [5, 5.41) is 19.0. The molecule has 114 valence electrons. The largest absolute Gasteiger partial charge is 0.493 e. The number of benzene rings is 1. The van der Waals surface area contributed by atoms with Crippen molar-refractivity contribution in [2.24, 2.45) is 0 Å². The van der Waals surface area contributed by atoms with E-state index in [4.69, 9.17) is 19.3 Å². The highest BCUT2D eigenvalue weighted by Gasteiger charge is 2.35. The number of imidazole rings is 1. The fourth-order valence-corrected chi connectivity index (χ4v) is 2.63. The van der Waals surface area contributed by atoms with Gasteiger partial charge in [0.1, 0.15) is 12.3 Å². The van der Waals surface area contributed by atoms with Gasteiger partial charge in [0.05, 0.1) is 44.3 Å². The van der Waals surface area contributed by atoms with Crippen LogP contribution in [0.25, 0.3) is 11.0 Å². The fourth-order valence-electron chi connectivity index (χ4n) is 2.63. The summed E-state index contributed by atoms with van der Waals surface area (Å²) in [5.74, 6) is 1.21. The molecule has 0 aliphatic carbocycles. The molecule has 0 spiro atoms. The van der Waals surface area contributed by atoms with E-state index in [0.29, 0.717) is 17.9 Å². The molecule has 2 heterocycles. The molecule has 7 nitrogen and oxygen atoms in total. The molecule has 21 heavy (non-hydrogen) atoms. The molecule has 1 saturated heterocycles. The summed E-state index contributed by atoms with van der Waals surface area (Å²) in [6.07, 6.45) is 0.455. The molecule has 0 unspecified atom stereocenters. The van der Waals surface area contributed by atoms with Gasteiger partial charge < -0.3 is 29.0 Å². The molecule has 3 rings (SSSR count). The van der Waals surface area contributed by atoms with Crippen molar-refractivity contribution < 1.29 is 24.4 Å². The molecule has 3 atom stereocenters. The summed E-state index contributed by atoms with van der Waals surface area (Å²) in [7, 11) is 3.14. The van der Waals surface area contributed by atoms with Crippen molar-refractivity contribution in [3.63, 3.8) is 0 Å². The van der Waals surface area contributed by atoms with Gasteiger partial charge in [-0.15, -0.1) is 0 Å². The number of fused-ring (bicyclic) bond motifs is 1. The third-order valence-corrected chi connectivity index (χ3v) is 3.77. The van der Waals surface area contributed by atoms with E-state index >= 15 is 0 Å². The van der Waals surface area contributed by atoms with Crippen LogP contribution >= 0.6 is 0 Å². The maximum absolute atomic E-state index is 9.85. The Morgan fingerprint density at radius 3 is 2.67 bits per heavy atom. The number of methoxy groups -OCH3 is 2. The lowest BCUT2D eigenvalue weighted by Crippen LogP contribution is -2.24. The summed E-state index contributed by atoms with van der Waals surface area (Å²) in [6, 6.07) is 3.61. The third-order valence-electron chi connectivity index (χ3n) is 3.77. The Bertz CT molecular complexity index is 642. The SMILES string of the molecule is COc1cc2ncn([C@@H]3C[C@@H](O)[C@H](CO)O3)c2cc1OC. The lowest BCUT2D eigenvalue weighted by molar-refractivity contribution is -0.0430. The molecular formula is C14H18N2O5.